The van der Waals surface area contributed by atoms with Crippen molar-refractivity contribution in [2.45, 2.75) is 25.4 Å². The summed E-state index contributed by atoms with van der Waals surface area (Å²) in [5.41, 5.74) is 0.693. The standard InChI is InChI=1S/C19H24N4O3.ClH/c1-22-12-21-15-9-13(3-4-14(15)18(22)26)17(25)23-8-2-6-19(11-23)10-20-7-5-16(19)24;/h3-4,9,12,16,20,24H,2,5-8,10-11H2,1H3;1H/t16-,19-;/m0./s1. The number of aliphatic hydroxyl groups is 1. The molecular weight excluding hydrogens is 368 g/mol. The van der Waals surface area contributed by atoms with E-state index in [9.17, 15) is 14.7 Å². The summed E-state index contributed by atoms with van der Waals surface area (Å²) in [5, 5.41) is 14.4. The molecule has 2 aliphatic heterocycles. The number of amides is 1. The Balaban J connectivity index is 0.00000210. The van der Waals surface area contributed by atoms with Crippen molar-refractivity contribution in [3.05, 3.63) is 40.4 Å². The van der Waals surface area contributed by atoms with Crippen molar-refractivity contribution >= 4 is 29.2 Å². The summed E-state index contributed by atoms with van der Waals surface area (Å²) >= 11 is 0. The number of nitrogens with zero attached hydrogens (tertiary/aromatic N) is 3. The highest BCUT2D eigenvalue weighted by molar-refractivity contribution is 5.97. The topological polar surface area (TPSA) is 87.5 Å². The highest BCUT2D eigenvalue weighted by atomic mass is 35.5. The lowest BCUT2D eigenvalue weighted by atomic mass is 9.72. The Morgan fingerprint density at radius 2 is 2.22 bits per heavy atom. The van der Waals surface area contributed by atoms with Gasteiger partial charge in [0.1, 0.15) is 0 Å². The van der Waals surface area contributed by atoms with Crippen molar-refractivity contribution in [3.63, 3.8) is 0 Å². The number of aliphatic hydroxyl groups excluding tert-OH is 1. The molecule has 27 heavy (non-hydrogen) atoms. The average molecular weight is 393 g/mol. The number of hydrogen-bond acceptors (Lipinski definition) is 5. The summed E-state index contributed by atoms with van der Waals surface area (Å²) in [6, 6.07) is 5.06. The maximum absolute atomic E-state index is 13.0. The minimum absolute atomic E-state index is 0. The number of aryl methyl sites for hydroxylation is 1. The number of likely N-dealkylation sites (tertiary alicyclic amines) is 1. The zero-order valence-electron chi connectivity index (χ0n) is 15.4. The van der Waals surface area contributed by atoms with E-state index in [1.807, 2.05) is 4.90 Å². The van der Waals surface area contributed by atoms with Crippen molar-refractivity contribution in [1.29, 1.82) is 0 Å². The van der Waals surface area contributed by atoms with Crippen LogP contribution in [0.2, 0.25) is 0 Å². The fourth-order valence-electron chi connectivity index (χ4n) is 4.28. The van der Waals surface area contributed by atoms with Gasteiger partial charge in [-0.2, -0.15) is 0 Å². The van der Waals surface area contributed by atoms with Gasteiger partial charge in [0, 0.05) is 37.7 Å². The SMILES string of the molecule is Cl.Cn1cnc2cc(C(=O)N3CCC[C@]4(CNCC[C@@H]4O)C3)ccc2c1=O. The molecule has 2 aliphatic rings. The molecule has 2 N–H and O–H groups in total. The maximum Gasteiger partial charge on any atom is 0.260 e. The number of carbonyl (C=O) groups excluding carboxylic acids is 1. The van der Waals surface area contributed by atoms with Crippen LogP contribution in [0.4, 0.5) is 0 Å². The molecule has 7 nitrogen and oxygen atoms in total. The zero-order valence-corrected chi connectivity index (χ0v) is 16.2. The van der Waals surface area contributed by atoms with Gasteiger partial charge in [0.15, 0.2) is 0 Å². The van der Waals surface area contributed by atoms with Gasteiger partial charge in [-0.15, -0.1) is 12.4 Å². The molecule has 1 aromatic carbocycles. The molecular formula is C19H25ClN4O3. The molecule has 0 aliphatic carbocycles. The predicted molar refractivity (Wildman–Crippen MR) is 105 cm³/mol. The summed E-state index contributed by atoms with van der Waals surface area (Å²) in [6.45, 7) is 2.81. The second-order valence-electron chi connectivity index (χ2n) is 7.57. The summed E-state index contributed by atoms with van der Waals surface area (Å²) in [7, 11) is 1.66. The molecule has 1 aromatic heterocycles. The van der Waals surface area contributed by atoms with Crippen LogP contribution in [0.25, 0.3) is 10.9 Å². The predicted octanol–water partition coefficient (Wildman–Crippen LogP) is 0.932. The van der Waals surface area contributed by atoms with Gasteiger partial charge in [0.05, 0.1) is 23.3 Å². The van der Waals surface area contributed by atoms with Gasteiger partial charge in [-0.25, -0.2) is 4.98 Å². The second kappa shape index (κ2) is 7.58. The van der Waals surface area contributed by atoms with Gasteiger partial charge in [-0.3, -0.25) is 9.59 Å². The van der Waals surface area contributed by atoms with Crippen LogP contribution in [-0.4, -0.2) is 57.7 Å². The fraction of sp³-hybridized carbons (Fsp3) is 0.526. The molecule has 4 rings (SSSR count). The number of hydrogen-bond donors (Lipinski definition) is 2. The van der Waals surface area contributed by atoms with E-state index in [-0.39, 0.29) is 35.4 Å². The van der Waals surface area contributed by atoms with E-state index in [4.69, 9.17) is 0 Å². The van der Waals surface area contributed by atoms with Gasteiger partial charge in [0.2, 0.25) is 0 Å². The van der Waals surface area contributed by atoms with Crippen molar-refractivity contribution in [2.75, 3.05) is 26.2 Å². The number of aromatic nitrogens is 2. The third kappa shape index (κ3) is 3.47. The molecule has 1 spiro atoms. The Hall–Kier alpha value is -1.96. The highest BCUT2D eigenvalue weighted by Crippen LogP contribution is 2.36. The Bertz CT molecular complexity index is 911. The van der Waals surface area contributed by atoms with Gasteiger partial charge >= 0.3 is 0 Å². The summed E-state index contributed by atoms with van der Waals surface area (Å²) < 4.78 is 1.43. The van der Waals surface area contributed by atoms with Crippen molar-refractivity contribution in [2.24, 2.45) is 12.5 Å². The van der Waals surface area contributed by atoms with E-state index in [2.05, 4.69) is 10.3 Å². The molecule has 146 valence electrons. The van der Waals surface area contributed by atoms with Gasteiger partial charge in [-0.05, 0) is 44.0 Å². The molecule has 0 radical (unpaired) electrons. The third-order valence-electron chi connectivity index (χ3n) is 5.84. The van der Waals surface area contributed by atoms with Gasteiger partial charge < -0.3 is 19.9 Å². The largest absolute Gasteiger partial charge is 0.392 e. The molecule has 0 bridgehead atoms. The van der Waals surface area contributed by atoms with E-state index >= 15 is 0 Å². The normalized spacial score (nSPS) is 25.4. The first kappa shape index (κ1) is 19.8. The molecule has 2 fully saturated rings. The maximum atomic E-state index is 13.0. The first-order chi connectivity index (χ1) is 12.5. The number of piperidine rings is 2. The lowest BCUT2D eigenvalue weighted by Crippen LogP contribution is -2.58. The van der Waals surface area contributed by atoms with Crippen LogP contribution >= 0.6 is 12.4 Å². The first-order valence-corrected chi connectivity index (χ1v) is 9.14. The van der Waals surface area contributed by atoms with Crippen molar-refractivity contribution in [1.82, 2.24) is 19.8 Å². The van der Waals surface area contributed by atoms with Gasteiger partial charge in [0.25, 0.3) is 11.5 Å². The molecule has 0 unspecified atom stereocenters. The van der Waals surface area contributed by atoms with E-state index in [1.54, 1.807) is 25.2 Å². The van der Waals surface area contributed by atoms with E-state index < -0.39 is 0 Å². The molecule has 8 heteroatoms. The Morgan fingerprint density at radius 3 is 3.00 bits per heavy atom. The van der Waals surface area contributed by atoms with E-state index in [0.29, 0.717) is 29.6 Å². The Kier molecular flexibility index (Phi) is 5.55. The average Bonchev–Trinajstić information content (AvgIpc) is 2.67. The van der Waals surface area contributed by atoms with Crippen LogP contribution < -0.4 is 10.9 Å². The minimum atomic E-state index is -0.374. The molecule has 3 heterocycles. The number of nitrogens with one attached hydrogen (secondary N) is 1. The van der Waals surface area contributed by atoms with Crippen LogP contribution in [0.15, 0.2) is 29.3 Å². The number of fused-ring (bicyclic) bond motifs is 1. The van der Waals surface area contributed by atoms with E-state index in [1.165, 1.54) is 10.9 Å². The first-order valence-electron chi connectivity index (χ1n) is 9.14. The van der Waals surface area contributed by atoms with Crippen LogP contribution in [-0.2, 0) is 7.05 Å². The highest BCUT2D eigenvalue weighted by Gasteiger charge is 2.44. The molecule has 2 atom stereocenters. The summed E-state index contributed by atoms with van der Waals surface area (Å²) in [6.07, 6.45) is 3.64. The molecule has 2 aromatic rings. The molecule has 1 amide bonds. The van der Waals surface area contributed by atoms with Crippen LogP contribution in [0, 0.1) is 5.41 Å². The number of carbonyl (C=O) groups is 1. The summed E-state index contributed by atoms with van der Waals surface area (Å²) in [4.78, 5) is 31.3. The Labute approximate surface area is 163 Å². The van der Waals surface area contributed by atoms with Crippen molar-refractivity contribution < 1.29 is 9.90 Å². The lowest BCUT2D eigenvalue weighted by Gasteiger charge is -2.48. The lowest BCUT2D eigenvalue weighted by molar-refractivity contribution is -0.0433. The van der Waals surface area contributed by atoms with Crippen LogP contribution in [0.1, 0.15) is 29.6 Å². The van der Waals surface area contributed by atoms with Crippen LogP contribution in [0.3, 0.4) is 0 Å². The monoisotopic (exact) mass is 392 g/mol. The van der Waals surface area contributed by atoms with E-state index in [0.717, 1.165) is 32.4 Å². The fourth-order valence-corrected chi connectivity index (χ4v) is 4.28. The van der Waals surface area contributed by atoms with Crippen molar-refractivity contribution in [3.8, 4) is 0 Å². The second-order valence-corrected chi connectivity index (χ2v) is 7.57. The van der Waals surface area contributed by atoms with Gasteiger partial charge in [-0.1, -0.05) is 0 Å². The summed E-state index contributed by atoms with van der Waals surface area (Å²) in [5.74, 6) is -0.0637. The smallest absolute Gasteiger partial charge is 0.260 e. The number of benzene rings is 1. The number of rotatable bonds is 1. The minimum Gasteiger partial charge on any atom is -0.392 e. The van der Waals surface area contributed by atoms with Crippen LogP contribution in [0.5, 0.6) is 0 Å². The molecule has 0 saturated carbocycles. The third-order valence-corrected chi connectivity index (χ3v) is 5.84. The zero-order chi connectivity index (χ0) is 18.3. The number of halogens is 1. The quantitative estimate of drug-likeness (QED) is 0.754. The Morgan fingerprint density at radius 1 is 1.41 bits per heavy atom. The molecule has 2 saturated heterocycles.